The summed E-state index contributed by atoms with van der Waals surface area (Å²) < 4.78 is 3.01. The van der Waals surface area contributed by atoms with Crippen LogP contribution in [0.5, 0.6) is 0 Å². The Bertz CT molecular complexity index is 688. The smallest absolute Gasteiger partial charge is 0.243 e. The number of aromatic nitrogens is 2. The van der Waals surface area contributed by atoms with Crippen molar-refractivity contribution in [3.63, 3.8) is 0 Å². The Labute approximate surface area is 132 Å². The van der Waals surface area contributed by atoms with E-state index in [2.05, 4.69) is 37.4 Å². The number of hydrogen-bond donors (Lipinski definition) is 1. The summed E-state index contributed by atoms with van der Waals surface area (Å²) in [5.41, 5.74) is 2.04. The van der Waals surface area contributed by atoms with Crippen LogP contribution in [0.4, 0.5) is 0 Å². The average molecular weight is 348 g/mol. The second kappa shape index (κ2) is 7.22. The zero-order valence-corrected chi connectivity index (χ0v) is 13.6. The lowest BCUT2D eigenvalue weighted by atomic mass is 10.3. The summed E-state index contributed by atoms with van der Waals surface area (Å²) in [6, 6.07) is 8.00. The molecule has 0 fully saturated rings. The van der Waals surface area contributed by atoms with Crippen molar-refractivity contribution in [3.05, 3.63) is 53.3 Å². The lowest BCUT2D eigenvalue weighted by Crippen LogP contribution is -2.24. The van der Waals surface area contributed by atoms with Crippen LogP contribution in [-0.2, 0) is 17.8 Å². The van der Waals surface area contributed by atoms with Crippen molar-refractivity contribution in [2.24, 2.45) is 0 Å². The molecule has 1 N–H and O–H groups in total. The maximum absolute atomic E-state index is 11.4. The quantitative estimate of drug-likeness (QED) is 0.815. The summed E-state index contributed by atoms with van der Waals surface area (Å²) in [5, 5.41) is 2.84. The van der Waals surface area contributed by atoms with Crippen LogP contribution < -0.4 is 5.32 Å². The van der Waals surface area contributed by atoms with Crippen molar-refractivity contribution in [3.8, 4) is 0 Å². The zero-order valence-electron chi connectivity index (χ0n) is 12.0. The van der Waals surface area contributed by atoms with Gasteiger partial charge in [-0.05, 0) is 25.1 Å². The molecule has 0 unspecified atom stereocenters. The average Bonchev–Trinajstić information content (AvgIpc) is 2.77. The monoisotopic (exact) mass is 347 g/mol. The summed E-state index contributed by atoms with van der Waals surface area (Å²) in [5.74, 6) is 0.864. The molecule has 1 heterocycles. The molecule has 0 spiro atoms. The number of fused-ring (bicyclic) bond motifs is 1. The van der Waals surface area contributed by atoms with E-state index in [1.165, 1.54) is 6.08 Å². The molecule has 0 radical (unpaired) electrons. The Morgan fingerprint density at radius 3 is 2.95 bits per heavy atom. The van der Waals surface area contributed by atoms with Crippen LogP contribution in [0.2, 0.25) is 0 Å². The molecule has 2 aromatic rings. The number of benzene rings is 1. The molecule has 1 amide bonds. The van der Waals surface area contributed by atoms with Crippen LogP contribution in [0.1, 0.15) is 12.7 Å². The number of allylic oxidation sites excluding steroid dienone is 2. The molecule has 1 aromatic carbocycles. The topological polar surface area (TPSA) is 46.9 Å². The SMILES string of the molecule is C=C(Br)Cn1c(CCNC(=O)/C=C/C)nc2ccccc21. The summed E-state index contributed by atoms with van der Waals surface area (Å²) in [6.07, 6.45) is 3.92. The molecule has 0 atom stereocenters. The van der Waals surface area contributed by atoms with Gasteiger partial charge in [0.1, 0.15) is 5.82 Å². The Morgan fingerprint density at radius 1 is 1.48 bits per heavy atom. The molecule has 110 valence electrons. The number of nitrogens with zero attached hydrogens (tertiary/aromatic N) is 2. The molecule has 0 saturated heterocycles. The standard InChI is InChI=1S/C16H18BrN3O/c1-3-6-16(21)18-10-9-15-19-13-7-4-5-8-14(13)20(15)11-12(2)17/h3-8H,2,9-11H2,1H3,(H,18,21)/b6-3+. The van der Waals surface area contributed by atoms with Gasteiger partial charge in [-0.2, -0.15) is 0 Å². The van der Waals surface area contributed by atoms with Crippen LogP contribution in [-0.4, -0.2) is 22.0 Å². The van der Waals surface area contributed by atoms with Gasteiger partial charge >= 0.3 is 0 Å². The molecule has 2 rings (SSSR count). The highest BCUT2D eigenvalue weighted by Gasteiger charge is 2.10. The minimum absolute atomic E-state index is 0.0786. The van der Waals surface area contributed by atoms with Gasteiger partial charge in [0.2, 0.25) is 5.91 Å². The second-order valence-electron chi connectivity index (χ2n) is 4.66. The third-order valence-electron chi connectivity index (χ3n) is 3.03. The molecule has 0 aliphatic heterocycles. The summed E-state index contributed by atoms with van der Waals surface area (Å²) >= 11 is 3.41. The van der Waals surface area contributed by atoms with Gasteiger partial charge in [-0.15, -0.1) is 0 Å². The Morgan fingerprint density at radius 2 is 2.24 bits per heavy atom. The number of imidazole rings is 1. The highest BCUT2D eigenvalue weighted by molar-refractivity contribution is 9.11. The van der Waals surface area contributed by atoms with E-state index in [9.17, 15) is 4.79 Å². The molecular formula is C16H18BrN3O. The molecular weight excluding hydrogens is 330 g/mol. The van der Waals surface area contributed by atoms with Crippen molar-refractivity contribution < 1.29 is 4.79 Å². The van der Waals surface area contributed by atoms with Crippen LogP contribution in [0.15, 0.2) is 47.5 Å². The van der Waals surface area contributed by atoms with Crippen molar-refractivity contribution in [1.82, 2.24) is 14.9 Å². The van der Waals surface area contributed by atoms with Gasteiger partial charge < -0.3 is 9.88 Å². The van der Waals surface area contributed by atoms with Gasteiger partial charge in [0.25, 0.3) is 0 Å². The molecule has 0 saturated carbocycles. The maximum atomic E-state index is 11.4. The molecule has 0 aliphatic rings. The van der Waals surface area contributed by atoms with Crippen LogP contribution in [0.25, 0.3) is 11.0 Å². The van der Waals surface area contributed by atoms with E-state index in [1.807, 2.05) is 31.2 Å². The van der Waals surface area contributed by atoms with Gasteiger partial charge in [-0.1, -0.05) is 40.7 Å². The van der Waals surface area contributed by atoms with Crippen molar-refractivity contribution in [2.75, 3.05) is 6.54 Å². The summed E-state index contributed by atoms with van der Waals surface area (Å²) in [6.45, 7) is 6.94. The van der Waals surface area contributed by atoms with Gasteiger partial charge in [0, 0.05) is 17.4 Å². The first-order valence-corrected chi connectivity index (χ1v) is 7.59. The number of rotatable bonds is 6. The zero-order chi connectivity index (χ0) is 15.2. The van der Waals surface area contributed by atoms with E-state index in [0.29, 0.717) is 19.5 Å². The largest absolute Gasteiger partial charge is 0.352 e. The minimum atomic E-state index is -0.0786. The van der Waals surface area contributed by atoms with E-state index < -0.39 is 0 Å². The lowest BCUT2D eigenvalue weighted by molar-refractivity contribution is -0.116. The minimum Gasteiger partial charge on any atom is -0.352 e. The number of para-hydroxylation sites is 2. The fourth-order valence-electron chi connectivity index (χ4n) is 2.17. The van der Waals surface area contributed by atoms with Gasteiger partial charge in [0.05, 0.1) is 17.6 Å². The first-order chi connectivity index (χ1) is 10.1. The van der Waals surface area contributed by atoms with Crippen LogP contribution in [0, 0.1) is 0 Å². The number of amides is 1. The second-order valence-corrected chi connectivity index (χ2v) is 5.78. The number of carbonyl (C=O) groups is 1. The van der Waals surface area contributed by atoms with Gasteiger partial charge in [-0.25, -0.2) is 4.98 Å². The van der Waals surface area contributed by atoms with Crippen molar-refractivity contribution in [1.29, 1.82) is 0 Å². The Hall–Kier alpha value is -1.88. The van der Waals surface area contributed by atoms with Gasteiger partial charge in [-0.3, -0.25) is 4.79 Å². The first kappa shape index (κ1) is 15.5. The Kier molecular flexibility index (Phi) is 5.33. The van der Waals surface area contributed by atoms with Crippen molar-refractivity contribution in [2.45, 2.75) is 19.9 Å². The third-order valence-corrected chi connectivity index (χ3v) is 3.28. The van der Waals surface area contributed by atoms with E-state index >= 15 is 0 Å². The highest BCUT2D eigenvalue weighted by Crippen LogP contribution is 2.19. The predicted octanol–water partition coefficient (Wildman–Crippen LogP) is 3.18. The van der Waals surface area contributed by atoms with E-state index in [-0.39, 0.29) is 5.91 Å². The van der Waals surface area contributed by atoms with Crippen LogP contribution in [0.3, 0.4) is 0 Å². The number of hydrogen-bond acceptors (Lipinski definition) is 2. The molecule has 5 heteroatoms. The fourth-order valence-corrected chi connectivity index (χ4v) is 2.42. The maximum Gasteiger partial charge on any atom is 0.243 e. The molecule has 0 bridgehead atoms. The molecule has 21 heavy (non-hydrogen) atoms. The van der Waals surface area contributed by atoms with Crippen LogP contribution >= 0.6 is 15.9 Å². The number of carbonyl (C=O) groups excluding carboxylic acids is 1. The molecule has 0 aliphatic carbocycles. The molecule has 4 nitrogen and oxygen atoms in total. The van der Waals surface area contributed by atoms with Crippen molar-refractivity contribution >= 4 is 32.9 Å². The molecule has 1 aromatic heterocycles. The summed E-state index contributed by atoms with van der Waals surface area (Å²) in [4.78, 5) is 16.1. The third kappa shape index (κ3) is 4.04. The number of halogens is 1. The summed E-state index contributed by atoms with van der Waals surface area (Å²) in [7, 11) is 0. The van der Waals surface area contributed by atoms with E-state index in [4.69, 9.17) is 0 Å². The predicted molar refractivity (Wildman–Crippen MR) is 89.3 cm³/mol. The lowest BCUT2D eigenvalue weighted by Gasteiger charge is -2.08. The Balaban J connectivity index is 2.18. The highest BCUT2D eigenvalue weighted by atomic mass is 79.9. The fraction of sp³-hybridized carbons (Fsp3) is 0.250. The first-order valence-electron chi connectivity index (χ1n) is 6.79. The number of nitrogens with one attached hydrogen (secondary N) is 1. The normalized spacial score (nSPS) is 11.1. The van der Waals surface area contributed by atoms with Gasteiger partial charge in [0.15, 0.2) is 0 Å². The van der Waals surface area contributed by atoms with E-state index in [1.54, 1.807) is 6.08 Å². The van der Waals surface area contributed by atoms with E-state index in [0.717, 1.165) is 21.3 Å².